The Morgan fingerprint density at radius 3 is 2.94 bits per heavy atom. The van der Waals surface area contributed by atoms with Crippen LogP contribution in [0.15, 0.2) is 28.8 Å². The summed E-state index contributed by atoms with van der Waals surface area (Å²) in [5.41, 5.74) is 8.51. The van der Waals surface area contributed by atoms with Gasteiger partial charge in [-0.25, -0.2) is 9.97 Å². The Bertz CT molecular complexity index is 711. The average molecular weight is 242 g/mol. The summed E-state index contributed by atoms with van der Waals surface area (Å²) in [7, 11) is 2.01. The largest absolute Gasteiger partial charge is 0.439 e. The van der Waals surface area contributed by atoms with Crippen LogP contribution in [-0.4, -0.2) is 14.5 Å². The molecule has 18 heavy (non-hydrogen) atoms. The van der Waals surface area contributed by atoms with E-state index in [1.165, 1.54) is 0 Å². The number of hydrogen-bond donors (Lipinski definition) is 1. The van der Waals surface area contributed by atoms with Gasteiger partial charge in [-0.1, -0.05) is 0 Å². The third kappa shape index (κ3) is 1.60. The standard InChI is InChI=1S/C13H14N4O/c1-8-16-10-5-9(3-4-11(10)17(8)2)12-7-15-13(6-14)18-12/h3-5,7H,6,14H2,1-2H3. The molecule has 0 bridgehead atoms. The Morgan fingerprint density at radius 1 is 1.39 bits per heavy atom. The molecule has 0 aliphatic carbocycles. The van der Waals surface area contributed by atoms with E-state index in [1.807, 2.05) is 32.2 Å². The van der Waals surface area contributed by atoms with Crippen LogP contribution in [0.25, 0.3) is 22.4 Å². The normalized spacial score (nSPS) is 11.3. The summed E-state index contributed by atoms with van der Waals surface area (Å²) in [6.07, 6.45) is 1.69. The third-order valence-corrected chi connectivity index (χ3v) is 3.12. The smallest absolute Gasteiger partial charge is 0.208 e. The Morgan fingerprint density at radius 2 is 2.22 bits per heavy atom. The monoisotopic (exact) mass is 242 g/mol. The van der Waals surface area contributed by atoms with Crippen molar-refractivity contribution in [3.05, 3.63) is 36.1 Å². The van der Waals surface area contributed by atoms with Crippen LogP contribution < -0.4 is 5.73 Å². The molecule has 0 aliphatic heterocycles. The molecule has 2 aromatic heterocycles. The molecule has 2 heterocycles. The predicted octanol–water partition coefficient (Wildman–Crippen LogP) is 2.00. The number of aromatic nitrogens is 3. The van der Waals surface area contributed by atoms with Gasteiger partial charge < -0.3 is 14.7 Å². The average Bonchev–Trinajstić information content (AvgIpc) is 2.95. The van der Waals surface area contributed by atoms with Crippen LogP contribution in [-0.2, 0) is 13.6 Å². The highest BCUT2D eigenvalue weighted by atomic mass is 16.4. The van der Waals surface area contributed by atoms with E-state index in [0.29, 0.717) is 12.4 Å². The first kappa shape index (κ1) is 11.0. The second-order valence-corrected chi connectivity index (χ2v) is 4.24. The van der Waals surface area contributed by atoms with Gasteiger partial charge in [0.15, 0.2) is 5.76 Å². The van der Waals surface area contributed by atoms with Crippen molar-refractivity contribution in [1.29, 1.82) is 0 Å². The molecule has 2 N–H and O–H groups in total. The molecule has 0 aliphatic rings. The number of nitrogens with zero attached hydrogens (tertiary/aromatic N) is 3. The van der Waals surface area contributed by atoms with Gasteiger partial charge in [0.05, 0.1) is 23.8 Å². The molecule has 0 atom stereocenters. The van der Waals surface area contributed by atoms with E-state index >= 15 is 0 Å². The molecule has 0 saturated heterocycles. The second-order valence-electron chi connectivity index (χ2n) is 4.24. The van der Waals surface area contributed by atoms with Gasteiger partial charge in [0.1, 0.15) is 5.82 Å². The topological polar surface area (TPSA) is 69.9 Å². The van der Waals surface area contributed by atoms with Gasteiger partial charge in [0.2, 0.25) is 5.89 Å². The van der Waals surface area contributed by atoms with Gasteiger partial charge in [0, 0.05) is 12.6 Å². The third-order valence-electron chi connectivity index (χ3n) is 3.12. The zero-order valence-corrected chi connectivity index (χ0v) is 10.3. The molecule has 0 fully saturated rings. The summed E-state index contributed by atoms with van der Waals surface area (Å²) in [4.78, 5) is 8.60. The van der Waals surface area contributed by atoms with Crippen molar-refractivity contribution in [2.75, 3.05) is 0 Å². The van der Waals surface area contributed by atoms with Crippen molar-refractivity contribution in [2.45, 2.75) is 13.5 Å². The second kappa shape index (κ2) is 3.96. The highest BCUT2D eigenvalue weighted by Crippen LogP contribution is 2.25. The van der Waals surface area contributed by atoms with Crippen LogP contribution in [0.5, 0.6) is 0 Å². The van der Waals surface area contributed by atoms with Gasteiger partial charge in [-0.3, -0.25) is 0 Å². The summed E-state index contributed by atoms with van der Waals surface area (Å²) in [6, 6.07) is 6.04. The molecule has 0 spiro atoms. The number of nitrogens with two attached hydrogens (primary N) is 1. The molecule has 3 aromatic rings. The van der Waals surface area contributed by atoms with Gasteiger partial charge in [-0.05, 0) is 25.1 Å². The van der Waals surface area contributed by atoms with Crippen LogP contribution in [0.1, 0.15) is 11.7 Å². The lowest BCUT2D eigenvalue weighted by Crippen LogP contribution is -1.94. The number of hydrogen-bond acceptors (Lipinski definition) is 4. The highest BCUT2D eigenvalue weighted by molar-refractivity contribution is 5.81. The van der Waals surface area contributed by atoms with Crippen LogP contribution >= 0.6 is 0 Å². The summed E-state index contributed by atoms with van der Waals surface area (Å²) in [5.74, 6) is 2.25. The Labute approximate surface area is 104 Å². The summed E-state index contributed by atoms with van der Waals surface area (Å²) in [5, 5.41) is 0. The Hall–Kier alpha value is -2.14. The van der Waals surface area contributed by atoms with Crippen LogP contribution in [0.3, 0.4) is 0 Å². The van der Waals surface area contributed by atoms with Crippen molar-refractivity contribution in [1.82, 2.24) is 14.5 Å². The molecule has 5 nitrogen and oxygen atoms in total. The number of benzene rings is 1. The molecule has 0 unspecified atom stereocenters. The lowest BCUT2D eigenvalue weighted by molar-refractivity contribution is 0.509. The predicted molar refractivity (Wildman–Crippen MR) is 68.8 cm³/mol. The zero-order chi connectivity index (χ0) is 12.7. The van der Waals surface area contributed by atoms with Crippen LogP contribution in [0, 0.1) is 6.92 Å². The maximum atomic E-state index is 5.53. The quantitative estimate of drug-likeness (QED) is 0.746. The minimum Gasteiger partial charge on any atom is -0.439 e. The van der Waals surface area contributed by atoms with E-state index in [-0.39, 0.29) is 0 Å². The van der Waals surface area contributed by atoms with E-state index in [9.17, 15) is 0 Å². The van der Waals surface area contributed by atoms with Crippen molar-refractivity contribution in [3.63, 3.8) is 0 Å². The molecular formula is C13H14N4O. The first-order valence-electron chi connectivity index (χ1n) is 5.77. The lowest BCUT2D eigenvalue weighted by Gasteiger charge is -1.98. The molecule has 3 rings (SSSR count). The molecular weight excluding hydrogens is 228 g/mol. The Balaban J connectivity index is 2.13. The fourth-order valence-corrected chi connectivity index (χ4v) is 2.01. The maximum absolute atomic E-state index is 5.53. The van der Waals surface area contributed by atoms with E-state index in [0.717, 1.165) is 28.2 Å². The minimum absolute atomic E-state index is 0.310. The number of fused-ring (bicyclic) bond motifs is 1. The fourth-order valence-electron chi connectivity index (χ4n) is 2.01. The fraction of sp³-hybridized carbons (Fsp3) is 0.231. The van der Waals surface area contributed by atoms with E-state index in [1.54, 1.807) is 6.20 Å². The van der Waals surface area contributed by atoms with E-state index in [2.05, 4.69) is 14.5 Å². The first-order valence-corrected chi connectivity index (χ1v) is 5.77. The summed E-state index contributed by atoms with van der Waals surface area (Å²) >= 11 is 0. The molecule has 5 heteroatoms. The highest BCUT2D eigenvalue weighted by Gasteiger charge is 2.09. The Kier molecular flexibility index (Phi) is 2.41. The van der Waals surface area contributed by atoms with Crippen molar-refractivity contribution < 1.29 is 4.42 Å². The maximum Gasteiger partial charge on any atom is 0.208 e. The number of rotatable bonds is 2. The molecule has 0 amide bonds. The van der Waals surface area contributed by atoms with Crippen molar-refractivity contribution >= 4 is 11.0 Å². The van der Waals surface area contributed by atoms with Gasteiger partial charge in [-0.15, -0.1) is 0 Å². The van der Waals surface area contributed by atoms with Crippen LogP contribution in [0.4, 0.5) is 0 Å². The molecule has 92 valence electrons. The molecule has 1 aromatic carbocycles. The van der Waals surface area contributed by atoms with Crippen molar-refractivity contribution in [3.8, 4) is 11.3 Å². The molecule has 0 saturated carbocycles. The van der Waals surface area contributed by atoms with Gasteiger partial charge in [-0.2, -0.15) is 0 Å². The zero-order valence-electron chi connectivity index (χ0n) is 10.3. The van der Waals surface area contributed by atoms with E-state index in [4.69, 9.17) is 10.2 Å². The van der Waals surface area contributed by atoms with Gasteiger partial charge in [0.25, 0.3) is 0 Å². The number of oxazole rings is 1. The number of aryl methyl sites for hydroxylation is 2. The lowest BCUT2D eigenvalue weighted by atomic mass is 10.1. The van der Waals surface area contributed by atoms with Crippen molar-refractivity contribution in [2.24, 2.45) is 12.8 Å². The summed E-state index contributed by atoms with van der Waals surface area (Å²) < 4.78 is 7.59. The minimum atomic E-state index is 0.310. The SMILES string of the molecule is Cc1nc2cc(-c3cnc(CN)o3)ccc2n1C. The number of imidazole rings is 1. The van der Waals surface area contributed by atoms with Crippen LogP contribution in [0.2, 0.25) is 0 Å². The molecule has 0 radical (unpaired) electrons. The first-order chi connectivity index (χ1) is 8.69. The van der Waals surface area contributed by atoms with Gasteiger partial charge >= 0.3 is 0 Å². The summed E-state index contributed by atoms with van der Waals surface area (Å²) in [6.45, 7) is 2.30. The van der Waals surface area contributed by atoms with E-state index < -0.39 is 0 Å².